The predicted molar refractivity (Wildman–Crippen MR) is 40.4 cm³/mol. The first kappa shape index (κ1) is 6.23. The Bertz CT molecular complexity index is 323. The van der Waals surface area contributed by atoms with Crippen molar-refractivity contribution in [1.82, 2.24) is 15.1 Å². The molecule has 11 heavy (non-hydrogen) atoms. The van der Waals surface area contributed by atoms with Crippen LogP contribution in [0.1, 0.15) is 0 Å². The van der Waals surface area contributed by atoms with Crippen LogP contribution in [0.3, 0.4) is 0 Å². The number of aromatic nitrogens is 2. The Labute approximate surface area is 62.9 Å². The van der Waals surface area contributed by atoms with Crippen LogP contribution in [-0.4, -0.2) is 16.2 Å². The normalized spacial score (nSPS) is 16.2. The van der Waals surface area contributed by atoms with Crippen molar-refractivity contribution in [2.75, 3.05) is 11.7 Å². The van der Waals surface area contributed by atoms with Crippen LogP contribution >= 0.6 is 0 Å². The lowest BCUT2D eigenvalue weighted by atomic mass is 10.7. The first-order chi connectivity index (χ1) is 5.38. The molecular weight excluding hydrogens is 144 g/mol. The summed E-state index contributed by atoms with van der Waals surface area (Å²) in [6.45, 7) is 0.762. The van der Waals surface area contributed by atoms with Crippen molar-refractivity contribution < 1.29 is 0 Å². The Hall–Kier alpha value is -1.49. The van der Waals surface area contributed by atoms with Gasteiger partial charge < -0.3 is 4.98 Å². The van der Waals surface area contributed by atoms with Gasteiger partial charge in [0, 0.05) is 25.1 Å². The smallest absolute Gasteiger partial charge is 0.311 e. The van der Waals surface area contributed by atoms with E-state index in [4.69, 9.17) is 0 Å². The van der Waals surface area contributed by atoms with Crippen molar-refractivity contribution in [3.8, 4) is 0 Å². The van der Waals surface area contributed by atoms with Crippen LogP contribution in [-0.2, 0) is 0 Å². The highest BCUT2D eigenvalue weighted by atomic mass is 16.2. The summed E-state index contributed by atoms with van der Waals surface area (Å²) >= 11 is 0. The van der Waals surface area contributed by atoms with E-state index in [9.17, 15) is 4.79 Å². The molecule has 0 spiro atoms. The minimum atomic E-state index is -0.149. The lowest BCUT2D eigenvalue weighted by Gasteiger charge is -2.14. The Balaban J connectivity index is 2.35. The second-order valence-corrected chi connectivity index (χ2v) is 2.20. The Morgan fingerprint density at radius 2 is 2.45 bits per heavy atom. The summed E-state index contributed by atoms with van der Waals surface area (Å²) in [5.41, 5.74) is 2.82. The van der Waals surface area contributed by atoms with Crippen LogP contribution in [0.15, 0.2) is 29.5 Å². The number of H-pyrrole nitrogens is 1. The zero-order valence-electron chi connectivity index (χ0n) is 5.82. The van der Waals surface area contributed by atoms with Crippen LogP contribution in [0, 0.1) is 0 Å². The molecule has 0 atom stereocenters. The van der Waals surface area contributed by atoms with Gasteiger partial charge in [-0.05, 0) is 6.08 Å². The van der Waals surface area contributed by atoms with Gasteiger partial charge in [0.15, 0.2) is 0 Å². The molecule has 0 radical (unpaired) electrons. The number of imidazole rings is 1. The van der Waals surface area contributed by atoms with Crippen LogP contribution in [0.4, 0.5) is 0 Å². The van der Waals surface area contributed by atoms with Crippen LogP contribution < -0.4 is 16.2 Å². The maximum atomic E-state index is 11.0. The highest BCUT2D eigenvalue weighted by molar-refractivity contribution is 5.05. The summed E-state index contributed by atoms with van der Waals surface area (Å²) in [7, 11) is 0. The Morgan fingerprint density at radius 3 is 3.00 bits per heavy atom. The van der Waals surface area contributed by atoms with Gasteiger partial charge in [0.2, 0.25) is 0 Å². The van der Waals surface area contributed by atoms with Crippen molar-refractivity contribution in [3.63, 3.8) is 0 Å². The number of hydrogen-bond donors (Lipinski definition) is 2. The van der Waals surface area contributed by atoms with E-state index in [0.29, 0.717) is 0 Å². The molecule has 1 aliphatic heterocycles. The third-order valence-corrected chi connectivity index (χ3v) is 1.48. The molecule has 0 aliphatic carbocycles. The van der Waals surface area contributed by atoms with Crippen molar-refractivity contribution >= 4 is 0 Å². The molecule has 2 heterocycles. The van der Waals surface area contributed by atoms with Gasteiger partial charge in [-0.3, -0.25) is 0 Å². The Morgan fingerprint density at radius 1 is 1.55 bits per heavy atom. The van der Waals surface area contributed by atoms with E-state index < -0.39 is 0 Å². The van der Waals surface area contributed by atoms with Crippen molar-refractivity contribution in [2.45, 2.75) is 0 Å². The molecule has 58 valence electrons. The molecule has 1 aliphatic rings. The minimum absolute atomic E-state index is 0.149. The van der Waals surface area contributed by atoms with Gasteiger partial charge in [-0.25, -0.2) is 15.3 Å². The van der Waals surface area contributed by atoms with Gasteiger partial charge in [0.1, 0.15) is 0 Å². The van der Waals surface area contributed by atoms with Crippen LogP contribution in [0.2, 0.25) is 0 Å². The summed E-state index contributed by atoms with van der Waals surface area (Å²) in [6.07, 6.45) is 6.98. The molecule has 0 aromatic carbocycles. The largest absolute Gasteiger partial charge is 0.345 e. The fourth-order valence-corrected chi connectivity index (χ4v) is 0.982. The molecule has 2 N–H and O–H groups in total. The molecule has 2 rings (SSSR count). The predicted octanol–water partition coefficient (Wildman–Crippen LogP) is -0.854. The SMILES string of the molecule is O=c1[nH]ccn1N1C=CCN1. The van der Waals surface area contributed by atoms with Crippen molar-refractivity contribution in [1.29, 1.82) is 0 Å². The van der Waals surface area contributed by atoms with Gasteiger partial charge >= 0.3 is 5.69 Å². The highest BCUT2D eigenvalue weighted by Gasteiger charge is 2.06. The fourth-order valence-electron chi connectivity index (χ4n) is 0.982. The van der Waals surface area contributed by atoms with Gasteiger partial charge in [-0.15, -0.1) is 0 Å². The van der Waals surface area contributed by atoms with E-state index in [0.717, 1.165) is 6.54 Å². The lowest BCUT2D eigenvalue weighted by Crippen LogP contribution is -2.43. The van der Waals surface area contributed by atoms with E-state index in [-0.39, 0.29) is 5.69 Å². The zero-order chi connectivity index (χ0) is 7.68. The third kappa shape index (κ3) is 0.947. The van der Waals surface area contributed by atoms with Gasteiger partial charge in [0.05, 0.1) is 0 Å². The Kier molecular flexibility index (Phi) is 1.29. The maximum absolute atomic E-state index is 11.0. The molecule has 0 amide bonds. The molecule has 1 aromatic rings. The van der Waals surface area contributed by atoms with Crippen LogP contribution in [0.25, 0.3) is 0 Å². The number of rotatable bonds is 1. The van der Waals surface area contributed by atoms with Crippen LogP contribution in [0.5, 0.6) is 0 Å². The molecular formula is C6H8N4O. The molecule has 0 saturated heterocycles. The summed E-state index contributed by atoms with van der Waals surface area (Å²) < 4.78 is 1.45. The molecule has 0 fully saturated rings. The molecule has 5 nitrogen and oxygen atoms in total. The lowest BCUT2D eigenvalue weighted by molar-refractivity contribution is 0.592. The summed E-state index contributed by atoms with van der Waals surface area (Å²) in [5.74, 6) is 0. The molecule has 1 aromatic heterocycles. The minimum Gasteiger partial charge on any atom is -0.311 e. The first-order valence-corrected chi connectivity index (χ1v) is 3.33. The summed E-state index contributed by atoms with van der Waals surface area (Å²) in [5, 5.41) is 1.62. The highest BCUT2D eigenvalue weighted by Crippen LogP contribution is 1.89. The standard InChI is InChI=1S/C6H8N4O/c11-6-7-3-5-9(6)10-4-1-2-8-10/h1,3-5,8H,2H2,(H,7,11). The van der Waals surface area contributed by atoms with Gasteiger partial charge in [-0.2, -0.15) is 4.68 Å². The van der Waals surface area contributed by atoms with E-state index in [1.54, 1.807) is 23.7 Å². The monoisotopic (exact) mass is 152 g/mol. The molecule has 5 heteroatoms. The molecule has 0 saturated carbocycles. The average Bonchev–Trinajstić information content (AvgIpc) is 2.55. The summed E-state index contributed by atoms with van der Waals surface area (Å²) in [4.78, 5) is 13.5. The van der Waals surface area contributed by atoms with E-state index in [2.05, 4.69) is 10.4 Å². The molecule has 0 bridgehead atoms. The molecule has 0 unspecified atom stereocenters. The number of nitrogens with zero attached hydrogens (tertiary/aromatic N) is 2. The van der Waals surface area contributed by atoms with E-state index in [1.807, 2.05) is 6.08 Å². The van der Waals surface area contributed by atoms with Gasteiger partial charge in [-0.1, -0.05) is 0 Å². The number of hydrazine groups is 1. The fraction of sp³-hybridized carbons (Fsp3) is 0.167. The van der Waals surface area contributed by atoms with Crippen molar-refractivity contribution in [3.05, 3.63) is 35.2 Å². The maximum Gasteiger partial charge on any atom is 0.345 e. The van der Waals surface area contributed by atoms with Gasteiger partial charge in [0.25, 0.3) is 0 Å². The van der Waals surface area contributed by atoms with E-state index in [1.165, 1.54) is 4.68 Å². The topological polar surface area (TPSA) is 53.1 Å². The quantitative estimate of drug-likeness (QED) is 0.551. The van der Waals surface area contributed by atoms with Crippen molar-refractivity contribution in [2.24, 2.45) is 0 Å². The average molecular weight is 152 g/mol. The number of nitrogens with one attached hydrogen (secondary N) is 2. The number of aromatic amines is 1. The zero-order valence-corrected chi connectivity index (χ0v) is 5.82. The second kappa shape index (κ2) is 2.28. The number of hydrogen-bond acceptors (Lipinski definition) is 3. The first-order valence-electron chi connectivity index (χ1n) is 3.33. The third-order valence-electron chi connectivity index (χ3n) is 1.48. The summed E-state index contributed by atoms with van der Waals surface area (Å²) in [6, 6.07) is 0. The second-order valence-electron chi connectivity index (χ2n) is 2.20. The van der Waals surface area contributed by atoms with E-state index >= 15 is 0 Å².